The molecule has 0 N–H and O–H groups in total. The first kappa shape index (κ1) is 17.2. The summed E-state index contributed by atoms with van der Waals surface area (Å²) in [5.74, 6) is 0.184. The normalized spacial score (nSPS) is 21.5. The number of sulfonamides is 1. The van der Waals surface area contributed by atoms with Crippen molar-refractivity contribution >= 4 is 10.0 Å². The second kappa shape index (κ2) is 6.01. The van der Waals surface area contributed by atoms with E-state index in [0.29, 0.717) is 13.1 Å². The third-order valence-electron chi connectivity index (χ3n) is 4.84. The van der Waals surface area contributed by atoms with Crippen molar-refractivity contribution in [3.05, 3.63) is 48.2 Å². The fourth-order valence-corrected chi connectivity index (χ4v) is 5.37. The van der Waals surface area contributed by atoms with Crippen molar-refractivity contribution < 1.29 is 8.42 Å². The molecular weight excluding hydrogens is 322 g/mol. The lowest BCUT2D eigenvalue weighted by Crippen LogP contribution is -2.32. The first-order valence-corrected chi connectivity index (χ1v) is 9.76. The van der Waals surface area contributed by atoms with Crippen molar-refractivity contribution in [1.29, 1.82) is 0 Å². The number of aromatic nitrogens is 2. The molecule has 0 spiro atoms. The smallest absolute Gasteiger partial charge is 0.250 e. The molecule has 1 aliphatic heterocycles. The molecular formula is C18H25N3O2S. The first-order chi connectivity index (χ1) is 11.2. The summed E-state index contributed by atoms with van der Waals surface area (Å²) >= 11 is 0. The van der Waals surface area contributed by atoms with Crippen LogP contribution in [-0.4, -0.2) is 35.6 Å². The van der Waals surface area contributed by atoms with Gasteiger partial charge >= 0.3 is 0 Å². The van der Waals surface area contributed by atoms with Gasteiger partial charge < -0.3 is 0 Å². The van der Waals surface area contributed by atoms with Gasteiger partial charge in [-0.05, 0) is 30.9 Å². The Morgan fingerprint density at radius 2 is 1.83 bits per heavy atom. The lowest BCUT2D eigenvalue weighted by atomic mass is 9.78. The van der Waals surface area contributed by atoms with Crippen LogP contribution in [0, 0.1) is 5.41 Å². The molecule has 2 aromatic rings. The minimum absolute atomic E-state index is 0.00492. The maximum absolute atomic E-state index is 13.2. The number of nitrogens with zero attached hydrogens (tertiary/aromatic N) is 3. The number of rotatable bonds is 4. The Kier molecular flexibility index (Phi) is 4.30. The third-order valence-corrected chi connectivity index (χ3v) is 6.65. The van der Waals surface area contributed by atoms with Gasteiger partial charge in [-0.3, -0.25) is 4.68 Å². The Morgan fingerprint density at radius 1 is 1.17 bits per heavy atom. The predicted octanol–water partition coefficient (Wildman–Crippen LogP) is 3.28. The van der Waals surface area contributed by atoms with Crippen molar-refractivity contribution in [2.24, 2.45) is 5.41 Å². The quantitative estimate of drug-likeness (QED) is 0.853. The van der Waals surface area contributed by atoms with Crippen molar-refractivity contribution in [2.45, 2.75) is 44.7 Å². The van der Waals surface area contributed by atoms with Gasteiger partial charge in [0.1, 0.15) is 0 Å². The van der Waals surface area contributed by atoms with Crippen LogP contribution >= 0.6 is 0 Å². The average molecular weight is 347 g/mol. The summed E-state index contributed by atoms with van der Waals surface area (Å²) in [5, 5.41) is 4.46. The molecule has 1 aromatic carbocycles. The summed E-state index contributed by atoms with van der Waals surface area (Å²) in [5.41, 5.74) is 1.08. The SMILES string of the molecule is CC(C)n1nccc1S(=O)(=O)N1CC(c2ccccc2)C(C)(C)C1. The van der Waals surface area contributed by atoms with Crippen molar-refractivity contribution in [1.82, 2.24) is 14.1 Å². The number of benzene rings is 1. The molecule has 1 saturated heterocycles. The third kappa shape index (κ3) is 2.89. The molecule has 1 aliphatic rings. The van der Waals surface area contributed by atoms with Crippen molar-refractivity contribution in [2.75, 3.05) is 13.1 Å². The van der Waals surface area contributed by atoms with Crippen LogP contribution in [0.4, 0.5) is 0 Å². The van der Waals surface area contributed by atoms with Gasteiger partial charge in [0.25, 0.3) is 10.0 Å². The average Bonchev–Trinajstić information content (AvgIpc) is 3.13. The highest BCUT2D eigenvalue weighted by molar-refractivity contribution is 7.89. The highest BCUT2D eigenvalue weighted by atomic mass is 32.2. The summed E-state index contributed by atoms with van der Waals surface area (Å²) in [4.78, 5) is 0. The summed E-state index contributed by atoms with van der Waals surface area (Å²) in [6, 6.07) is 11.8. The van der Waals surface area contributed by atoms with Gasteiger partial charge in [-0.2, -0.15) is 9.40 Å². The molecule has 0 amide bonds. The van der Waals surface area contributed by atoms with E-state index < -0.39 is 10.0 Å². The van der Waals surface area contributed by atoms with E-state index in [9.17, 15) is 8.42 Å². The molecule has 0 radical (unpaired) electrons. The minimum Gasteiger partial charge on any atom is -0.250 e. The monoisotopic (exact) mass is 347 g/mol. The molecule has 0 bridgehead atoms. The Bertz CT molecular complexity index is 810. The van der Waals surface area contributed by atoms with Gasteiger partial charge in [-0.15, -0.1) is 0 Å². The standard InChI is InChI=1S/C18H25N3O2S/c1-14(2)21-17(10-11-19-21)24(22,23)20-12-16(18(3,4)13-20)15-8-6-5-7-9-15/h5-11,14,16H,12-13H2,1-4H3. The van der Waals surface area contributed by atoms with Gasteiger partial charge in [0.05, 0.1) is 6.20 Å². The first-order valence-electron chi connectivity index (χ1n) is 8.32. The topological polar surface area (TPSA) is 55.2 Å². The molecule has 0 aliphatic carbocycles. The molecule has 6 heteroatoms. The van der Waals surface area contributed by atoms with Crippen LogP contribution < -0.4 is 0 Å². The number of hydrogen-bond acceptors (Lipinski definition) is 3. The Balaban J connectivity index is 1.95. The van der Waals surface area contributed by atoms with Crippen LogP contribution in [0.1, 0.15) is 45.2 Å². The highest BCUT2D eigenvalue weighted by Gasteiger charge is 2.45. The Morgan fingerprint density at radius 3 is 2.46 bits per heavy atom. The molecule has 1 atom stereocenters. The van der Waals surface area contributed by atoms with E-state index in [1.807, 2.05) is 32.0 Å². The summed E-state index contributed by atoms with van der Waals surface area (Å²) < 4.78 is 29.5. The highest BCUT2D eigenvalue weighted by Crippen LogP contribution is 2.44. The Labute approximate surface area is 144 Å². The lowest BCUT2D eigenvalue weighted by molar-refractivity contribution is 0.345. The lowest BCUT2D eigenvalue weighted by Gasteiger charge is -2.25. The van der Waals surface area contributed by atoms with Crippen molar-refractivity contribution in [3.8, 4) is 0 Å². The molecule has 5 nitrogen and oxygen atoms in total. The molecule has 2 heterocycles. The molecule has 24 heavy (non-hydrogen) atoms. The van der Waals surface area contributed by atoms with Gasteiger partial charge in [0.15, 0.2) is 5.03 Å². The van der Waals surface area contributed by atoms with Crippen LogP contribution in [0.5, 0.6) is 0 Å². The fraction of sp³-hybridized carbons (Fsp3) is 0.500. The molecule has 1 fully saturated rings. The summed E-state index contributed by atoms with van der Waals surface area (Å²) in [6.07, 6.45) is 1.56. The van der Waals surface area contributed by atoms with E-state index in [-0.39, 0.29) is 22.4 Å². The van der Waals surface area contributed by atoms with Gasteiger partial charge in [0.2, 0.25) is 0 Å². The maximum atomic E-state index is 13.2. The second-order valence-corrected chi connectivity index (χ2v) is 9.34. The van der Waals surface area contributed by atoms with Crippen LogP contribution in [-0.2, 0) is 10.0 Å². The van der Waals surface area contributed by atoms with E-state index in [2.05, 4.69) is 31.1 Å². The molecule has 1 aromatic heterocycles. The van der Waals surface area contributed by atoms with E-state index in [1.54, 1.807) is 21.3 Å². The zero-order valence-corrected chi connectivity index (χ0v) is 15.5. The van der Waals surface area contributed by atoms with Gasteiger partial charge in [-0.1, -0.05) is 44.2 Å². The second-order valence-electron chi connectivity index (χ2n) is 7.46. The maximum Gasteiger partial charge on any atom is 0.260 e. The van der Waals surface area contributed by atoms with Gasteiger partial charge in [0, 0.05) is 25.0 Å². The summed E-state index contributed by atoms with van der Waals surface area (Å²) in [7, 11) is -3.55. The van der Waals surface area contributed by atoms with E-state index in [0.717, 1.165) is 0 Å². The van der Waals surface area contributed by atoms with E-state index in [1.165, 1.54) is 5.56 Å². The zero-order chi connectivity index (χ0) is 17.5. The number of hydrogen-bond donors (Lipinski definition) is 0. The molecule has 3 rings (SSSR count). The zero-order valence-electron chi connectivity index (χ0n) is 14.7. The predicted molar refractivity (Wildman–Crippen MR) is 94.3 cm³/mol. The molecule has 130 valence electrons. The van der Waals surface area contributed by atoms with Crippen LogP contribution in [0.2, 0.25) is 0 Å². The largest absolute Gasteiger partial charge is 0.260 e. The van der Waals surface area contributed by atoms with Crippen LogP contribution in [0.25, 0.3) is 0 Å². The fourth-order valence-electron chi connectivity index (χ4n) is 3.53. The van der Waals surface area contributed by atoms with Gasteiger partial charge in [-0.25, -0.2) is 8.42 Å². The summed E-state index contributed by atoms with van der Waals surface area (Å²) in [6.45, 7) is 9.17. The Hall–Kier alpha value is -1.66. The van der Waals surface area contributed by atoms with Crippen LogP contribution in [0.15, 0.2) is 47.6 Å². The molecule has 0 saturated carbocycles. The minimum atomic E-state index is -3.55. The van der Waals surface area contributed by atoms with E-state index >= 15 is 0 Å². The van der Waals surface area contributed by atoms with Crippen molar-refractivity contribution in [3.63, 3.8) is 0 Å². The van der Waals surface area contributed by atoms with Crippen LogP contribution in [0.3, 0.4) is 0 Å². The van der Waals surface area contributed by atoms with E-state index in [4.69, 9.17) is 0 Å². The molecule has 1 unspecified atom stereocenters.